The van der Waals surface area contributed by atoms with E-state index in [1.807, 2.05) is 0 Å². The third kappa shape index (κ3) is 2.54. The molecule has 0 aromatic rings. The molecule has 4 nitrogen and oxygen atoms in total. The van der Waals surface area contributed by atoms with Gasteiger partial charge in [-0.3, -0.25) is 5.06 Å². The van der Waals surface area contributed by atoms with Crippen molar-refractivity contribution in [1.29, 1.82) is 0 Å². The summed E-state index contributed by atoms with van der Waals surface area (Å²) in [4.78, 5) is 10.2. The molecule has 1 atom stereocenters. The number of ether oxygens (including phenoxy) is 1. The summed E-state index contributed by atoms with van der Waals surface area (Å²) in [5, 5.41) is 9.51. The van der Waals surface area contributed by atoms with Crippen LogP contribution in [-0.2, 0) is 4.74 Å². The Bertz CT molecular complexity index is 81.4. The molecule has 0 aromatic carbocycles. The first-order valence-corrected chi connectivity index (χ1v) is 2.36. The van der Waals surface area contributed by atoms with Crippen molar-refractivity contribution >= 4 is 6.09 Å². The van der Waals surface area contributed by atoms with E-state index in [1.54, 1.807) is 6.92 Å². The second-order valence-corrected chi connectivity index (χ2v) is 1.28. The predicted molar refractivity (Wildman–Crippen MR) is 27.3 cm³/mol. The fourth-order valence-electron chi connectivity index (χ4n) is 0.233. The van der Waals surface area contributed by atoms with Crippen molar-refractivity contribution in [3.8, 4) is 0 Å². The Morgan fingerprint density at radius 2 is 2.38 bits per heavy atom. The highest BCUT2D eigenvalue weighted by Crippen LogP contribution is 1.67. The van der Waals surface area contributed by atoms with Crippen LogP contribution in [0.3, 0.4) is 0 Å². The van der Waals surface area contributed by atoms with Crippen LogP contribution >= 0.6 is 0 Å². The van der Waals surface area contributed by atoms with Gasteiger partial charge in [-0.05, 0) is 6.92 Å². The number of hydrogen-bond donors (Lipinski definition) is 1. The third-order valence-corrected chi connectivity index (χ3v) is 0.563. The molecule has 0 fully saturated rings. The third-order valence-electron chi connectivity index (χ3n) is 0.563. The second-order valence-electron chi connectivity index (χ2n) is 1.28. The minimum absolute atomic E-state index is 0.262. The van der Waals surface area contributed by atoms with Crippen LogP contribution in [0.25, 0.3) is 0 Å². The molecule has 0 spiro atoms. The standard InChI is InChI=1S/C4H9NO3/c1-3-8-4(6)5(2)7/h5H,3H2,1-2H3. The molecule has 0 aliphatic heterocycles. The molecule has 8 heavy (non-hydrogen) atoms. The van der Waals surface area contributed by atoms with Crippen LogP contribution in [-0.4, -0.2) is 19.7 Å². The summed E-state index contributed by atoms with van der Waals surface area (Å²) >= 11 is 0. The molecule has 1 amide bonds. The Morgan fingerprint density at radius 1 is 1.88 bits per heavy atom. The van der Waals surface area contributed by atoms with Gasteiger partial charge in [0.2, 0.25) is 0 Å². The molecule has 4 heteroatoms. The predicted octanol–water partition coefficient (Wildman–Crippen LogP) is -0.845. The first-order chi connectivity index (χ1) is 3.68. The minimum atomic E-state index is -0.757. The molecule has 0 aromatic heterocycles. The number of nitrogens with one attached hydrogen (secondary N) is 1. The van der Waals surface area contributed by atoms with E-state index < -0.39 is 11.2 Å². The molecule has 0 bridgehead atoms. The second kappa shape index (κ2) is 3.40. The van der Waals surface area contributed by atoms with Crippen LogP contribution in [0.1, 0.15) is 6.92 Å². The largest absolute Gasteiger partial charge is 0.624 e. The lowest BCUT2D eigenvalue weighted by Gasteiger charge is -2.10. The van der Waals surface area contributed by atoms with E-state index in [0.29, 0.717) is 0 Å². The van der Waals surface area contributed by atoms with Crippen LogP contribution in [0.5, 0.6) is 0 Å². The van der Waals surface area contributed by atoms with Crippen molar-refractivity contribution in [2.75, 3.05) is 13.7 Å². The van der Waals surface area contributed by atoms with E-state index in [1.165, 1.54) is 7.05 Å². The lowest BCUT2D eigenvalue weighted by atomic mass is 10.9. The zero-order valence-corrected chi connectivity index (χ0v) is 4.93. The van der Waals surface area contributed by atoms with Gasteiger partial charge in [-0.1, -0.05) is 0 Å². The fourth-order valence-corrected chi connectivity index (χ4v) is 0.233. The van der Waals surface area contributed by atoms with Gasteiger partial charge in [0, 0.05) is 0 Å². The van der Waals surface area contributed by atoms with Crippen molar-refractivity contribution in [3.63, 3.8) is 0 Å². The van der Waals surface area contributed by atoms with Crippen LogP contribution in [0.15, 0.2) is 0 Å². The lowest BCUT2D eigenvalue weighted by molar-refractivity contribution is -0.744. The summed E-state index contributed by atoms with van der Waals surface area (Å²) in [5.41, 5.74) is 0. The number of hydroxylamine groups is 2. The maximum Gasteiger partial charge on any atom is 0.514 e. The van der Waals surface area contributed by atoms with E-state index >= 15 is 0 Å². The molecule has 0 rings (SSSR count). The molecule has 0 aliphatic carbocycles. The zero-order valence-electron chi connectivity index (χ0n) is 4.93. The van der Waals surface area contributed by atoms with E-state index in [0.717, 1.165) is 0 Å². The van der Waals surface area contributed by atoms with E-state index in [2.05, 4.69) is 4.74 Å². The molecular formula is C4H9NO3. The van der Waals surface area contributed by atoms with Gasteiger partial charge in [0.25, 0.3) is 0 Å². The van der Waals surface area contributed by atoms with Crippen molar-refractivity contribution in [2.45, 2.75) is 6.92 Å². The van der Waals surface area contributed by atoms with Crippen molar-refractivity contribution in [2.24, 2.45) is 0 Å². The number of carbonyl (C=O) groups is 1. The van der Waals surface area contributed by atoms with Gasteiger partial charge < -0.3 is 9.94 Å². The number of hydrogen-bond acceptors (Lipinski definition) is 3. The van der Waals surface area contributed by atoms with E-state index in [4.69, 9.17) is 0 Å². The summed E-state index contributed by atoms with van der Waals surface area (Å²) in [6.07, 6.45) is -0.757. The summed E-state index contributed by atoms with van der Waals surface area (Å²) < 4.78 is 4.31. The van der Waals surface area contributed by atoms with Gasteiger partial charge in [-0.15, -0.1) is 0 Å². The molecule has 1 N–H and O–H groups in total. The number of carbonyl (C=O) groups excluding carboxylic acids is 1. The summed E-state index contributed by atoms with van der Waals surface area (Å²) in [5.74, 6) is 0. The SMILES string of the molecule is CCOC(=O)[NH+](C)[O-]. The molecule has 48 valence electrons. The first kappa shape index (κ1) is 7.39. The monoisotopic (exact) mass is 119 g/mol. The van der Waals surface area contributed by atoms with Crippen molar-refractivity contribution in [3.05, 3.63) is 5.21 Å². The molecule has 0 aliphatic rings. The minimum Gasteiger partial charge on any atom is -0.624 e. The maximum absolute atomic E-state index is 10.2. The summed E-state index contributed by atoms with van der Waals surface area (Å²) in [7, 11) is 1.18. The highest BCUT2D eigenvalue weighted by Gasteiger charge is 2.03. The van der Waals surface area contributed by atoms with Crippen LogP contribution < -0.4 is 5.06 Å². The Hall–Kier alpha value is -0.610. The summed E-state index contributed by atoms with van der Waals surface area (Å²) in [6.45, 7) is 1.92. The normalized spacial score (nSPS) is 12.9. The topological polar surface area (TPSA) is 53.8 Å². The van der Waals surface area contributed by atoms with Gasteiger partial charge >= 0.3 is 6.09 Å². The van der Waals surface area contributed by atoms with Gasteiger partial charge in [0.15, 0.2) is 0 Å². The van der Waals surface area contributed by atoms with Crippen LogP contribution in [0.4, 0.5) is 4.79 Å². The number of quaternary nitrogens is 1. The van der Waals surface area contributed by atoms with Crippen LogP contribution in [0.2, 0.25) is 0 Å². The molecule has 0 radical (unpaired) electrons. The molecule has 0 heterocycles. The Balaban J connectivity index is 3.33. The Morgan fingerprint density at radius 3 is 2.50 bits per heavy atom. The van der Waals surface area contributed by atoms with Crippen LogP contribution in [0, 0.1) is 5.21 Å². The van der Waals surface area contributed by atoms with Gasteiger partial charge in [0.05, 0.1) is 13.7 Å². The number of amides is 1. The quantitative estimate of drug-likeness (QED) is 0.458. The smallest absolute Gasteiger partial charge is 0.514 e. The highest BCUT2D eigenvalue weighted by molar-refractivity contribution is 5.56. The van der Waals surface area contributed by atoms with Crippen molar-refractivity contribution in [1.82, 2.24) is 0 Å². The van der Waals surface area contributed by atoms with Gasteiger partial charge in [-0.25, -0.2) is 0 Å². The first-order valence-electron chi connectivity index (χ1n) is 2.36. The van der Waals surface area contributed by atoms with E-state index in [-0.39, 0.29) is 6.61 Å². The number of alkyl carbamates (subject to hydrolysis) is 1. The van der Waals surface area contributed by atoms with Gasteiger partial charge in [0.1, 0.15) is 0 Å². The lowest BCUT2D eigenvalue weighted by Crippen LogP contribution is -3.06. The Labute approximate surface area is 47.6 Å². The highest BCUT2D eigenvalue weighted by atomic mass is 16.6. The molecular weight excluding hydrogens is 110 g/mol. The fraction of sp³-hybridized carbons (Fsp3) is 0.750. The van der Waals surface area contributed by atoms with Crippen molar-refractivity contribution < 1.29 is 14.6 Å². The molecule has 0 saturated carbocycles. The number of rotatable bonds is 1. The Kier molecular flexibility index (Phi) is 3.14. The zero-order chi connectivity index (χ0) is 6.57. The maximum atomic E-state index is 10.2. The van der Waals surface area contributed by atoms with E-state index in [9.17, 15) is 10.0 Å². The average Bonchev–Trinajstić information content (AvgIpc) is 1.67. The van der Waals surface area contributed by atoms with Gasteiger partial charge in [-0.2, -0.15) is 4.79 Å². The average molecular weight is 119 g/mol. The molecule has 1 unspecified atom stereocenters. The molecule has 0 saturated heterocycles. The summed E-state index contributed by atoms with van der Waals surface area (Å²) in [6, 6.07) is 0.